The highest BCUT2D eigenvalue weighted by Crippen LogP contribution is 2.18. The van der Waals surface area contributed by atoms with Crippen molar-refractivity contribution in [1.29, 1.82) is 0 Å². The van der Waals surface area contributed by atoms with Gasteiger partial charge in [-0.25, -0.2) is 4.68 Å². The summed E-state index contributed by atoms with van der Waals surface area (Å²) in [6, 6.07) is 3.39. The largest absolute Gasteiger partial charge is 0.348 e. The Bertz CT molecular complexity index is 770. The molecule has 0 bridgehead atoms. The molecule has 2 heterocycles. The lowest BCUT2D eigenvalue weighted by atomic mass is 9.92. The molecule has 0 aromatic carbocycles. The predicted molar refractivity (Wildman–Crippen MR) is 80.7 cm³/mol. The summed E-state index contributed by atoms with van der Waals surface area (Å²) in [6.45, 7) is 1.90. The molecule has 2 aromatic heterocycles. The Labute approximate surface area is 128 Å². The fourth-order valence-electron chi connectivity index (χ4n) is 2.74. The van der Waals surface area contributed by atoms with Gasteiger partial charge in [0.15, 0.2) is 0 Å². The summed E-state index contributed by atoms with van der Waals surface area (Å²) in [5, 5.41) is 11.5. The number of aromatic nitrogens is 4. The van der Waals surface area contributed by atoms with Crippen LogP contribution in [-0.2, 0) is 26.9 Å². The van der Waals surface area contributed by atoms with Gasteiger partial charge in [0.1, 0.15) is 5.69 Å². The smallest absolute Gasteiger partial charge is 0.272 e. The van der Waals surface area contributed by atoms with Gasteiger partial charge in [-0.1, -0.05) is 0 Å². The number of hydrogen-bond acceptors (Lipinski definition) is 4. The van der Waals surface area contributed by atoms with E-state index in [0.29, 0.717) is 12.1 Å². The van der Waals surface area contributed by atoms with Crippen LogP contribution in [0.1, 0.15) is 33.9 Å². The van der Waals surface area contributed by atoms with Gasteiger partial charge in [0.05, 0.1) is 5.69 Å². The summed E-state index contributed by atoms with van der Waals surface area (Å²) in [5.74, 6) is -0.172. The number of rotatable bonds is 2. The lowest BCUT2D eigenvalue weighted by Gasteiger charge is -2.24. The number of hydrogen-bond donors (Lipinski definition) is 1. The first-order chi connectivity index (χ1) is 10.4. The Morgan fingerprint density at radius 3 is 2.73 bits per heavy atom. The van der Waals surface area contributed by atoms with Gasteiger partial charge in [-0.05, 0) is 37.8 Å². The van der Waals surface area contributed by atoms with Crippen LogP contribution in [0.3, 0.4) is 0 Å². The number of fused-ring (bicyclic) bond motifs is 1. The van der Waals surface area contributed by atoms with E-state index in [9.17, 15) is 9.59 Å². The van der Waals surface area contributed by atoms with E-state index in [-0.39, 0.29) is 17.5 Å². The molecule has 0 saturated heterocycles. The van der Waals surface area contributed by atoms with Crippen molar-refractivity contribution < 1.29 is 4.79 Å². The van der Waals surface area contributed by atoms with Crippen LogP contribution in [0, 0.1) is 6.92 Å². The van der Waals surface area contributed by atoms with Crippen LogP contribution in [0.2, 0.25) is 0 Å². The monoisotopic (exact) mass is 301 g/mol. The third-order valence-electron chi connectivity index (χ3n) is 4.14. The van der Waals surface area contributed by atoms with Gasteiger partial charge in [-0.15, -0.1) is 0 Å². The Morgan fingerprint density at radius 1 is 1.27 bits per heavy atom. The molecule has 1 aliphatic rings. The summed E-state index contributed by atoms with van der Waals surface area (Å²) < 4.78 is 3.03. The molecule has 0 spiro atoms. The molecule has 0 fully saturated rings. The standard InChI is InChI=1S/C15H19N5O2/c1-9-6-13(18-19(9)2)15(22)16-11-4-5-12-10(7-11)8-14(21)20(3)17-12/h6,8,11H,4-5,7H2,1-3H3,(H,16,22)/t11-/m1/s1. The fraction of sp³-hybridized carbons (Fsp3) is 0.467. The maximum Gasteiger partial charge on any atom is 0.272 e. The van der Waals surface area contributed by atoms with E-state index in [1.165, 1.54) is 4.68 Å². The second-order valence-electron chi connectivity index (χ2n) is 5.79. The molecule has 116 valence electrons. The quantitative estimate of drug-likeness (QED) is 0.853. The van der Waals surface area contributed by atoms with E-state index < -0.39 is 0 Å². The van der Waals surface area contributed by atoms with Crippen molar-refractivity contribution in [1.82, 2.24) is 24.9 Å². The van der Waals surface area contributed by atoms with E-state index >= 15 is 0 Å². The summed E-state index contributed by atoms with van der Waals surface area (Å²) in [4.78, 5) is 23.9. The SMILES string of the molecule is Cc1cc(C(=O)N[C@@H]2CCc3nn(C)c(=O)cc3C2)nn1C. The van der Waals surface area contributed by atoms with Crippen molar-refractivity contribution in [2.24, 2.45) is 14.1 Å². The second-order valence-corrected chi connectivity index (χ2v) is 5.79. The topological polar surface area (TPSA) is 81.8 Å². The molecule has 0 radical (unpaired) electrons. The molecular formula is C15H19N5O2. The fourth-order valence-corrected chi connectivity index (χ4v) is 2.74. The van der Waals surface area contributed by atoms with Gasteiger partial charge in [0.2, 0.25) is 0 Å². The molecule has 2 aromatic rings. The first kappa shape index (κ1) is 14.5. The van der Waals surface area contributed by atoms with Crippen LogP contribution >= 0.6 is 0 Å². The number of aryl methyl sites for hydroxylation is 4. The van der Waals surface area contributed by atoms with Gasteiger partial charge in [0, 0.05) is 31.9 Å². The molecule has 7 heteroatoms. The summed E-state index contributed by atoms with van der Waals surface area (Å²) >= 11 is 0. The van der Waals surface area contributed by atoms with Gasteiger partial charge in [-0.3, -0.25) is 14.3 Å². The number of amides is 1. The minimum Gasteiger partial charge on any atom is -0.348 e. The molecular weight excluding hydrogens is 282 g/mol. The highest BCUT2D eigenvalue weighted by atomic mass is 16.2. The molecule has 1 amide bonds. The van der Waals surface area contributed by atoms with Crippen LogP contribution in [0.25, 0.3) is 0 Å². The molecule has 0 unspecified atom stereocenters. The highest BCUT2D eigenvalue weighted by Gasteiger charge is 2.23. The van der Waals surface area contributed by atoms with Gasteiger partial charge in [0.25, 0.3) is 11.5 Å². The van der Waals surface area contributed by atoms with Crippen LogP contribution in [0.15, 0.2) is 16.9 Å². The van der Waals surface area contributed by atoms with Crippen LogP contribution in [-0.4, -0.2) is 31.5 Å². The van der Waals surface area contributed by atoms with Crippen LogP contribution < -0.4 is 10.9 Å². The Kier molecular flexibility index (Phi) is 3.56. The van der Waals surface area contributed by atoms with E-state index in [0.717, 1.165) is 29.8 Å². The Balaban J connectivity index is 1.73. The first-order valence-corrected chi connectivity index (χ1v) is 7.31. The van der Waals surface area contributed by atoms with Gasteiger partial charge < -0.3 is 5.32 Å². The molecule has 7 nitrogen and oxygen atoms in total. The maximum absolute atomic E-state index is 12.2. The first-order valence-electron chi connectivity index (χ1n) is 7.31. The van der Waals surface area contributed by atoms with Gasteiger partial charge in [-0.2, -0.15) is 10.2 Å². The van der Waals surface area contributed by atoms with Gasteiger partial charge >= 0.3 is 0 Å². The predicted octanol–water partition coefficient (Wildman–Crippen LogP) is 0.110. The van der Waals surface area contributed by atoms with Crippen molar-refractivity contribution in [2.45, 2.75) is 32.2 Å². The van der Waals surface area contributed by atoms with Crippen LogP contribution in [0.4, 0.5) is 0 Å². The second kappa shape index (κ2) is 5.40. The molecule has 1 N–H and O–H groups in total. The molecule has 0 aliphatic heterocycles. The summed E-state index contributed by atoms with van der Waals surface area (Å²) in [6.07, 6.45) is 2.21. The normalized spacial score (nSPS) is 17.1. The minimum absolute atomic E-state index is 0.0104. The van der Waals surface area contributed by atoms with E-state index in [1.807, 2.05) is 14.0 Å². The highest BCUT2D eigenvalue weighted by molar-refractivity contribution is 5.92. The number of nitrogens with zero attached hydrogens (tertiary/aromatic N) is 4. The minimum atomic E-state index is -0.172. The van der Waals surface area contributed by atoms with Crippen molar-refractivity contribution in [2.75, 3.05) is 0 Å². The molecule has 22 heavy (non-hydrogen) atoms. The third kappa shape index (κ3) is 2.66. The lowest BCUT2D eigenvalue weighted by molar-refractivity contribution is 0.0927. The third-order valence-corrected chi connectivity index (χ3v) is 4.14. The summed E-state index contributed by atoms with van der Waals surface area (Å²) in [5.41, 5.74) is 3.11. The zero-order chi connectivity index (χ0) is 15.9. The molecule has 1 aliphatic carbocycles. The zero-order valence-electron chi connectivity index (χ0n) is 13.0. The van der Waals surface area contributed by atoms with Crippen molar-refractivity contribution in [3.63, 3.8) is 0 Å². The van der Waals surface area contributed by atoms with Crippen molar-refractivity contribution in [3.05, 3.63) is 45.1 Å². The van der Waals surface area contributed by atoms with E-state index in [2.05, 4.69) is 15.5 Å². The average molecular weight is 301 g/mol. The molecule has 3 rings (SSSR count). The maximum atomic E-state index is 12.2. The van der Waals surface area contributed by atoms with Crippen LogP contribution in [0.5, 0.6) is 0 Å². The number of carbonyl (C=O) groups is 1. The molecule has 1 atom stereocenters. The van der Waals surface area contributed by atoms with E-state index in [1.54, 1.807) is 23.9 Å². The average Bonchev–Trinajstić information content (AvgIpc) is 2.80. The summed E-state index contributed by atoms with van der Waals surface area (Å²) in [7, 11) is 3.46. The Morgan fingerprint density at radius 2 is 2.05 bits per heavy atom. The van der Waals surface area contributed by atoms with Crippen molar-refractivity contribution in [3.8, 4) is 0 Å². The number of carbonyl (C=O) groups excluding carboxylic acids is 1. The molecule has 0 saturated carbocycles. The number of nitrogens with one attached hydrogen (secondary N) is 1. The van der Waals surface area contributed by atoms with E-state index in [4.69, 9.17) is 0 Å². The Hall–Kier alpha value is -2.44. The van der Waals surface area contributed by atoms with Crippen molar-refractivity contribution >= 4 is 5.91 Å². The lowest BCUT2D eigenvalue weighted by Crippen LogP contribution is -2.40. The zero-order valence-corrected chi connectivity index (χ0v) is 13.0.